The Labute approximate surface area is 150 Å². The van der Waals surface area contributed by atoms with Crippen LogP contribution < -0.4 is 10.1 Å². The Bertz CT molecular complexity index is 832. The second kappa shape index (κ2) is 8.66. The number of benzene rings is 2. The van der Waals surface area contributed by atoms with Gasteiger partial charge in [0.2, 0.25) is 5.89 Å². The molecule has 0 aliphatic heterocycles. The van der Waals surface area contributed by atoms with E-state index in [-0.39, 0.29) is 6.42 Å². The van der Waals surface area contributed by atoms with Gasteiger partial charge in [-0.3, -0.25) is 4.79 Å². The summed E-state index contributed by atoms with van der Waals surface area (Å²) in [5, 5.41) is 19.7. The molecule has 7 heteroatoms. The van der Waals surface area contributed by atoms with Crippen LogP contribution in [0.3, 0.4) is 0 Å². The molecule has 0 radical (unpaired) electrons. The van der Waals surface area contributed by atoms with Crippen LogP contribution in [0.25, 0.3) is 0 Å². The standard InChI is InChI=1S/C19H19N3O4/c23-18(24)13-14-8-10-15(11-9-14)20-19-22-21-17(26-19)7-4-12-25-16-5-2-1-3-6-16/h1-3,5-6,8-11H,4,7,12-13H2,(H,20,22)(H,23,24). The lowest BCUT2D eigenvalue weighted by atomic mass is 10.1. The van der Waals surface area contributed by atoms with E-state index in [0.717, 1.165) is 23.4 Å². The van der Waals surface area contributed by atoms with E-state index in [9.17, 15) is 4.79 Å². The summed E-state index contributed by atoms with van der Waals surface area (Å²) < 4.78 is 11.2. The highest BCUT2D eigenvalue weighted by molar-refractivity contribution is 5.70. The van der Waals surface area contributed by atoms with Crippen LogP contribution in [0.2, 0.25) is 0 Å². The molecule has 0 aliphatic rings. The zero-order chi connectivity index (χ0) is 18.2. The molecule has 0 aliphatic carbocycles. The van der Waals surface area contributed by atoms with Crippen molar-refractivity contribution in [1.82, 2.24) is 10.2 Å². The number of aromatic nitrogens is 2. The summed E-state index contributed by atoms with van der Waals surface area (Å²) in [6, 6.07) is 17.0. The number of anilines is 2. The Morgan fingerprint density at radius 1 is 1.08 bits per heavy atom. The molecular weight excluding hydrogens is 334 g/mol. The molecule has 7 nitrogen and oxygen atoms in total. The van der Waals surface area contributed by atoms with Crippen molar-refractivity contribution >= 4 is 17.7 Å². The van der Waals surface area contributed by atoms with Gasteiger partial charge in [-0.1, -0.05) is 35.4 Å². The summed E-state index contributed by atoms with van der Waals surface area (Å²) in [7, 11) is 0. The van der Waals surface area contributed by atoms with Crippen molar-refractivity contribution in [1.29, 1.82) is 0 Å². The number of para-hydroxylation sites is 1. The third-order valence-electron chi connectivity index (χ3n) is 3.57. The highest BCUT2D eigenvalue weighted by Crippen LogP contribution is 2.17. The van der Waals surface area contributed by atoms with Crippen molar-refractivity contribution in [3.63, 3.8) is 0 Å². The first-order chi connectivity index (χ1) is 12.7. The highest BCUT2D eigenvalue weighted by atomic mass is 16.5. The Kier molecular flexibility index (Phi) is 5.82. The number of ether oxygens (including phenoxy) is 1. The highest BCUT2D eigenvalue weighted by Gasteiger charge is 2.07. The lowest BCUT2D eigenvalue weighted by Crippen LogP contribution is -2.00. The van der Waals surface area contributed by atoms with Gasteiger partial charge in [-0.2, -0.15) is 0 Å². The molecule has 0 bridgehead atoms. The van der Waals surface area contributed by atoms with Gasteiger partial charge in [0, 0.05) is 12.1 Å². The fraction of sp³-hybridized carbons (Fsp3) is 0.211. The normalized spacial score (nSPS) is 10.5. The van der Waals surface area contributed by atoms with E-state index < -0.39 is 5.97 Å². The molecule has 0 atom stereocenters. The van der Waals surface area contributed by atoms with Gasteiger partial charge in [0.25, 0.3) is 0 Å². The fourth-order valence-electron chi connectivity index (χ4n) is 2.34. The number of aliphatic carboxylic acids is 1. The van der Waals surface area contributed by atoms with Gasteiger partial charge in [-0.15, -0.1) is 5.10 Å². The van der Waals surface area contributed by atoms with Crippen molar-refractivity contribution in [2.45, 2.75) is 19.3 Å². The summed E-state index contributed by atoms with van der Waals surface area (Å²) in [6.45, 7) is 0.570. The number of hydrogen-bond donors (Lipinski definition) is 2. The number of carboxylic acid groups (broad SMARTS) is 1. The Balaban J connectivity index is 1.44. The summed E-state index contributed by atoms with van der Waals surface area (Å²) in [5.74, 6) is 0.516. The van der Waals surface area contributed by atoms with E-state index in [1.54, 1.807) is 24.3 Å². The molecule has 0 amide bonds. The molecule has 0 unspecified atom stereocenters. The fourth-order valence-corrected chi connectivity index (χ4v) is 2.34. The van der Waals surface area contributed by atoms with Crippen LogP contribution in [-0.4, -0.2) is 27.9 Å². The second-order valence-electron chi connectivity index (χ2n) is 5.66. The van der Waals surface area contributed by atoms with Crippen LogP contribution in [0, 0.1) is 0 Å². The molecule has 3 rings (SSSR count). The predicted octanol–water partition coefficient (Wildman–Crippen LogP) is 3.45. The molecule has 1 heterocycles. The van der Waals surface area contributed by atoms with Gasteiger partial charge < -0.3 is 19.6 Å². The monoisotopic (exact) mass is 353 g/mol. The average molecular weight is 353 g/mol. The molecule has 134 valence electrons. The topological polar surface area (TPSA) is 97.5 Å². The lowest BCUT2D eigenvalue weighted by Gasteiger charge is -2.04. The summed E-state index contributed by atoms with van der Waals surface area (Å²) in [5.41, 5.74) is 1.48. The van der Waals surface area contributed by atoms with Gasteiger partial charge in [0.05, 0.1) is 13.0 Å². The maximum atomic E-state index is 10.7. The summed E-state index contributed by atoms with van der Waals surface area (Å²) >= 11 is 0. The number of hydrogen-bond acceptors (Lipinski definition) is 6. The molecule has 0 saturated heterocycles. The largest absolute Gasteiger partial charge is 0.494 e. The van der Waals surface area contributed by atoms with Crippen LogP contribution in [0.15, 0.2) is 59.0 Å². The molecular formula is C19H19N3O4. The van der Waals surface area contributed by atoms with Gasteiger partial charge in [0.1, 0.15) is 5.75 Å². The molecule has 0 saturated carbocycles. The number of carboxylic acids is 1. The lowest BCUT2D eigenvalue weighted by molar-refractivity contribution is -0.136. The van der Waals surface area contributed by atoms with E-state index >= 15 is 0 Å². The number of rotatable bonds is 9. The summed E-state index contributed by atoms with van der Waals surface area (Å²) in [6.07, 6.45) is 1.38. The SMILES string of the molecule is O=C(O)Cc1ccc(Nc2nnc(CCCOc3ccccc3)o2)cc1. The van der Waals surface area contributed by atoms with Crippen molar-refractivity contribution in [3.8, 4) is 5.75 Å². The zero-order valence-electron chi connectivity index (χ0n) is 14.1. The first-order valence-electron chi connectivity index (χ1n) is 8.27. The number of nitrogens with zero attached hydrogens (tertiary/aromatic N) is 2. The third kappa shape index (κ3) is 5.34. The average Bonchev–Trinajstić information content (AvgIpc) is 3.08. The van der Waals surface area contributed by atoms with Crippen LogP contribution in [-0.2, 0) is 17.6 Å². The van der Waals surface area contributed by atoms with E-state index in [1.807, 2.05) is 30.3 Å². The van der Waals surface area contributed by atoms with Crippen LogP contribution >= 0.6 is 0 Å². The Morgan fingerprint density at radius 2 is 1.85 bits per heavy atom. The molecule has 0 fully saturated rings. The second-order valence-corrected chi connectivity index (χ2v) is 5.66. The molecule has 3 aromatic rings. The quantitative estimate of drug-likeness (QED) is 0.569. The predicted molar refractivity (Wildman–Crippen MR) is 95.6 cm³/mol. The van der Waals surface area contributed by atoms with Crippen molar-refractivity contribution in [2.24, 2.45) is 0 Å². The van der Waals surface area contributed by atoms with E-state index in [2.05, 4.69) is 15.5 Å². The zero-order valence-corrected chi connectivity index (χ0v) is 14.1. The minimum atomic E-state index is -0.858. The minimum absolute atomic E-state index is 0.00393. The molecule has 2 N–H and O–H groups in total. The number of aryl methyl sites for hydroxylation is 1. The summed E-state index contributed by atoms with van der Waals surface area (Å²) in [4.78, 5) is 10.7. The maximum absolute atomic E-state index is 10.7. The first kappa shape index (κ1) is 17.5. The van der Waals surface area contributed by atoms with Crippen molar-refractivity contribution < 1.29 is 19.1 Å². The minimum Gasteiger partial charge on any atom is -0.494 e. The third-order valence-corrected chi connectivity index (χ3v) is 3.57. The van der Waals surface area contributed by atoms with E-state index in [0.29, 0.717) is 24.9 Å². The molecule has 0 spiro atoms. The number of carbonyl (C=O) groups is 1. The smallest absolute Gasteiger partial charge is 0.320 e. The van der Waals surface area contributed by atoms with E-state index in [1.165, 1.54) is 0 Å². The maximum Gasteiger partial charge on any atom is 0.320 e. The van der Waals surface area contributed by atoms with Crippen LogP contribution in [0.4, 0.5) is 11.7 Å². The Morgan fingerprint density at radius 3 is 2.58 bits per heavy atom. The van der Waals surface area contributed by atoms with Crippen LogP contribution in [0.1, 0.15) is 17.9 Å². The first-order valence-corrected chi connectivity index (χ1v) is 8.27. The van der Waals surface area contributed by atoms with Crippen LogP contribution in [0.5, 0.6) is 5.75 Å². The molecule has 26 heavy (non-hydrogen) atoms. The van der Waals surface area contributed by atoms with Gasteiger partial charge >= 0.3 is 12.0 Å². The van der Waals surface area contributed by atoms with Gasteiger partial charge in [0.15, 0.2) is 0 Å². The molecule has 1 aromatic heterocycles. The molecule has 2 aromatic carbocycles. The van der Waals surface area contributed by atoms with Gasteiger partial charge in [-0.05, 0) is 36.2 Å². The van der Waals surface area contributed by atoms with E-state index in [4.69, 9.17) is 14.3 Å². The number of nitrogens with one attached hydrogen (secondary N) is 1. The van der Waals surface area contributed by atoms with Gasteiger partial charge in [-0.25, -0.2) is 0 Å². The Hall–Kier alpha value is -3.35. The van der Waals surface area contributed by atoms with Crippen molar-refractivity contribution in [3.05, 3.63) is 66.1 Å². The van der Waals surface area contributed by atoms with Crippen molar-refractivity contribution in [2.75, 3.05) is 11.9 Å².